The molecule has 2 N–H and O–H groups in total. The summed E-state index contributed by atoms with van der Waals surface area (Å²) >= 11 is 7.52. The lowest BCUT2D eigenvalue weighted by Crippen LogP contribution is -2.17. The van der Waals surface area contributed by atoms with Gasteiger partial charge in [0.1, 0.15) is 10.7 Å². The molecule has 0 amide bonds. The number of aryl methyl sites for hydroxylation is 1. The van der Waals surface area contributed by atoms with Gasteiger partial charge in [0.15, 0.2) is 5.60 Å². The van der Waals surface area contributed by atoms with Crippen LogP contribution in [0.2, 0.25) is 5.02 Å². The van der Waals surface area contributed by atoms with E-state index in [0.29, 0.717) is 16.0 Å². The van der Waals surface area contributed by atoms with Gasteiger partial charge in [-0.15, -0.1) is 11.3 Å². The Balaban J connectivity index is 1.48. The van der Waals surface area contributed by atoms with Crippen molar-refractivity contribution in [2.24, 2.45) is 0 Å². The molecule has 0 saturated heterocycles. The molecule has 0 spiro atoms. The Hall–Kier alpha value is -3.70. The van der Waals surface area contributed by atoms with Crippen LogP contribution in [0.1, 0.15) is 23.1 Å². The number of hydrogen-bond donors (Lipinski definition) is 2. The molecule has 0 radical (unpaired) electrons. The van der Waals surface area contributed by atoms with Crippen molar-refractivity contribution in [3.63, 3.8) is 0 Å². The summed E-state index contributed by atoms with van der Waals surface area (Å²) in [4.78, 5) is 13.4. The van der Waals surface area contributed by atoms with Gasteiger partial charge in [-0.25, -0.2) is 9.97 Å². The van der Waals surface area contributed by atoms with Gasteiger partial charge in [0.05, 0.1) is 0 Å². The Morgan fingerprint density at radius 1 is 1.15 bits per heavy atom. The van der Waals surface area contributed by atoms with Crippen LogP contribution >= 0.6 is 22.9 Å². The van der Waals surface area contributed by atoms with E-state index < -0.39 is 5.60 Å². The van der Waals surface area contributed by atoms with Crippen molar-refractivity contribution < 1.29 is 5.11 Å². The third-order valence-corrected chi connectivity index (χ3v) is 6.52. The van der Waals surface area contributed by atoms with Crippen LogP contribution in [0.15, 0.2) is 72.5 Å². The van der Waals surface area contributed by atoms with Gasteiger partial charge >= 0.3 is 0 Å². The molecular formula is C26H20ClN5OS. The molecule has 168 valence electrons. The monoisotopic (exact) mass is 485 g/mol. The lowest BCUT2D eigenvalue weighted by molar-refractivity contribution is 0.122. The fourth-order valence-corrected chi connectivity index (χ4v) is 4.31. The van der Waals surface area contributed by atoms with Crippen molar-refractivity contribution in [3.05, 3.63) is 93.7 Å². The van der Waals surface area contributed by atoms with E-state index in [2.05, 4.69) is 27.1 Å². The van der Waals surface area contributed by atoms with Crippen molar-refractivity contribution in [1.82, 2.24) is 19.5 Å². The van der Waals surface area contributed by atoms with Gasteiger partial charge in [-0.3, -0.25) is 0 Å². The molecule has 0 aliphatic heterocycles. The van der Waals surface area contributed by atoms with E-state index in [-0.39, 0.29) is 0 Å². The predicted molar refractivity (Wildman–Crippen MR) is 137 cm³/mol. The second-order valence-corrected chi connectivity index (χ2v) is 9.28. The molecule has 5 rings (SSSR count). The van der Waals surface area contributed by atoms with E-state index in [4.69, 9.17) is 16.6 Å². The number of aliphatic hydroxyl groups is 1. The third kappa shape index (κ3) is 4.52. The van der Waals surface area contributed by atoms with Crippen molar-refractivity contribution in [1.29, 1.82) is 0 Å². The second kappa shape index (κ2) is 8.92. The standard InChI is InChI=1S/C26H20ClN5OS/c1-17-6-7-20(27)15-22(17)30-25-29-16-19-9-12-32(23(19)31-25)21-5-3-4-18(14-21)8-10-26(2,33)24-28-11-13-34-24/h3-7,9,11-16,33H,1-2H3,(H,29,30,31). The van der Waals surface area contributed by atoms with Crippen LogP contribution in [0.5, 0.6) is 0 Å². The second-order valence-electron chi connectivity index (χ2n) is 7.95. The number of benzene rings is 2. The van der Waals surface area contributed by atoms with Crippen LogP contribution in [0.4, 0.5) is 11.6 Å². The van der Waals surface area contributed by atoms with Gasteiger partial charge in [-0.1, -0.05) is 35.6 Å². The highest BCUT2D eigenvalue weighted by atomic mass is 35.5. The van der Waals surface area contributed by atoms with E-state index in [1.54, 1.807) is 19.3 Å². The zero-order valence-corrected chi connectivity index (χ0v) is 20.0. The molecule has 5 aromatic rings. The summed E-state index contributed by atoms with van der Waals surface area (Å²) in [6, 6.07) is 15.4. The molecule has 0 bridgehead atoms. The van der Waals surface area contributed by atoms with E-state index in [1.807, 2.05) is 71.6 Å². The van der Waals surface area contributed by atoms with Gasteiger partial charge in [0.25, 0.3) is 0 Å². The van der Waals surface area contributed by atoms with E-state index >= 15 is 0 Å². The third-order valence-electron chi connectivity index (χ3n) is 5.30. The summed E-state index contributed by atoms with van der Waals surface area (Å²) in [5.74, 6) is 6.49. The smallest absolute Gasteiger partial charge is 0.229 e. The molecular weight excluding hydrogens is 466 g/mol. The number of thiazole rings is 1. The van der Waals surface area contributed by atoms with E-state index in [0.717, 1.165) is 33.5 Å². The zero-order chi connectivity index (χ0) is 23.7. The SMILES string of the molecule is Cc1ccc(Cl)cc1Nc1ncc2ccn(-c3cccc(C#CC(C)(O)c4nccs4)c3)c2n1. The van der Waals surface area contributed by atoms with Gasteiger partial charge in [-0.2, -0.15) is 4.98 Å². The maximum atomic E-state index is 10.7. The summed E-state index contributed by atoms with van der Waals surface area (Å²) < 4.78 is 1.98. The summed E-state index contributed by atoms with van der Waals surface area (Å²) in [6.07, 6.45) is 5.40. The number of nitrogens with zero attached hydrogens (tertiary/aromatic N) is 4. The molecule has 3 heterocycles. The largest absolute Gasteiger partial charge is 0.371 e. The molecule has 34 heavy (non-hydrogen) atoms. The van der Waals surface area contributed by atoms with Gasteiger partial charge < -0.3 is 15.0 Å². The highest BCUT2D eigenvalue weighted by molar-refractivity contribution is 7.09. The number of aromatic nitrogens is 4. The van der Waals surface area contributed by atoms with E-state index in [9.17, 15) is 5.11 Å². The topological polar surface area (TPSA) is 75.9 Å². The normalized spacial score (nSPS) is 12.7. The molecule has 0 aliphatic rings. The fourth-order valence-electron chi connectivity index (χ4n) is 3.48. The minimum Gasteiger partial charge on any atom is -0.371 e. The zero-order valence-electron chi connectivity index (χ0n) is 18.5. The molecule has 0 aliphatic carbocycles. The number of anilines is 2. The van der Waals surface area contributed by atoms with Crippen LogP contribution in [-0.4, -0.2) is 24.6 Å². The first-order valence-corrected chi connectivity index (χ1v) is 11.8. The quantitative estimate of drug-likeness (QED) is 0.313. The summed E-state index contributed by atoms with van der Waals surface area (Å²) in [5.41, 5.74) is 3.03. The summed E-state index contributed by atoms with van der Waals surface area (Å²) in [6.45, 7) is 3.65. The van der Waals surface area contributed by atoms with Crippen LogP contribution in [0.3, 0.4) is 0 Å². The first-order valence-electron chi connectivity index (χ1n) is 10.5. The van der Waals surface area contributed by atoms with Crippen LogP contribution in [0, 0.1) is 18.8 Å². The minimum atomic E-state index is -1.31. The Morgan fingerprint density at radius 3 is 2.85 bits per heavy atom. The number of rotatable bonds is 4. The number of halogens is 1. The molecule has 0 fully saturated rings. The number of fused-ring (bicyclic) bond motifs is 1. The van der Waals surface area contributed by atoms with E-state index in [1.165, 1.54) is 11.3 Å². The molecule has 8 heteroatoms. The average molecular weight is 486 g/mol. The van der Waals surface area contributed by atoms with Crippen LogP contribution in [-0.2, 0) is 5.60 Å². The summed E-state index contributed by atoms with van der Waals surface area (Å²) in [7, 11) is 0. The fraction of sp³-hybridized carbons (Fsp3) is 0.115. The highest BCUT2D eigenvalue weighted by Gasteiger charge is 2.22. The Morgan fingerprint density at radius 2 is 2.03 bits per heavy atom. The Kier molecular flexibility index (Phi) is 5.80. The minimum absolute atomic E-state index is 0.480. The highest BCUT2D eigenvalue weighted by Crippen LogP contribution is 2.25. The first-order chi connectivity index (χ1) is 16.4. The van der Waals surface area contributed by atoms with Gasteiger partial charge in [0, 0.05) is 51.3 Å². The van der Waals surface area contributed by atoms with Gasteiger partial charge in [0.2, 0.25) is 5.95 Å². The number of hydrogen-bond acceptors (Lipinski definition) is 6. The summed E-state index contributed by atoms with van der Waals surface area (Å²) in [5, 5.41) is 17.9. The Labute approximate surface area is 205 Å². The average Bonchev–Trinajstić information content (AvgIpc) is 3.51. The molecule has 1 unspecified atom stereocenters. The molecule has 1 atom stereocenters. The maximum absolute atomic E-state index is 10.7. The molecule has 6 nitrogen and oxygen atoms in total. The van der Waals surface area contributed by atoms with Crippen LogP contribution < -0.4 is 5.32 Å². The predicted octanol–water partition coefficient (Wildman–Crippen LogP) is 5.84. The van der Waals surface area contributed by atoms with Crippen LogP contribution in [0.25, 0.3) is 16.7 Å². The van der Waals surface area contributed by atoms with Gasteiger partial charge in [-0.05, 0) is 55.8 Å². The maximum Gasteiger partial charge on any atom is 0.229 e. The Bertz CT molecular complexity index is 1550. The molecule has 0 saturated carbocycles. The van der Waals surface area contributed by atoms with Crippen molar-refractivity contribution >= 4 is 45.6 Å². The van der Waals surface area contributed by atoms with Crippen molar-refractivity contribution in [3.8, 4) is 17.5 Å². The van der Waals surface area contributed by atoms with Crippen molar-refractivity contribution in [2.75, 3.05) is 5.32 Å². The lowest BCUT2D eigenvalue weighted by Gasteiger charge is -2.12. The first kappa shape index (κ1) is 22.1. The lowest BCUT2D eigenvalue weighted by atomic mass is 10.1. The van der Waals surface area contributed by atoms with Crippen molar-refractivity contribution in [2.45, 2.75) is 19.4 Å². The number of nitrogens with one attached hydrogen (secondary N) is 1. The molecule has 3 aromatic heterocycles. The molecule has 2 aromatic carbocycles.